The molecule has 0 N–H and O–H groups in total. The van der Waals surface area contributed by atoms with Gasteiger partial charge in [0.1, 0.15) is 17.2 Å². The molecule has 0 aliphatic heterocycles. The highest BCUT2D eigenvalue weighted by Gasteiger charge is 2.38. The molecule has 7 heteroatoms. The van der Waals surface area contributed by atoms with E-state index in [1.807, 2.05) is 0 Å². The molecule has 0 aliphatic rings. The zero-order valence-electron chi connectivity index (χ0n) is 28.5. The van der Waals surface area contributed by atoms with E-state index in [1.54, 1.807) is 0 Å². The zero-order valence-corrected chi connectivity index (χ0v) is 32.4. The number of benzene rings is 3. The monoisotopic (exact) mass is 652 g/mol. The van der Waals surface area contributed by atoms with Gasteiger partial charge in [0.25, 0.3) is 0 Å². The highest BCUT2D eigenvalue weighted by Crippen LogP contribution is 2.44. The van der Waals surface area contributed by atoms with E-state index in [0.717, 1.165) is 17.2 Å². The Morgan fingerprint density at radius 3 is 0.791 bits per heavy atom. The Morgan fingerprint density at radius 1 is 0.372 bits per heavy atom. The van der Waals surface area contributed by atoms with Gasteiger partial charge in [-0.15, -0.1) is 0 Å². The van der Waals surface area contributed by atoms with E-state index < -0.39 is 32.8 Å². The molecule has 0 saturated heterocycles. The smallest absolute Gasteiger partial charge is 0.409 e. The maximum absolute atomic E-state index is 6.99. The molecule has 3 aromatic rings. The Kier molecular flexibility index (Phi) is 13.6. The van der Waals surface area contributed by atoms with E-state index in [0.29, 0.717) is 0 Å². The summed E-state index contributed by atoms with van der Waals surface area (Å²) in [5.74, 6) is 2.82. The highest BCUT2D eigenvalue weighted by molar-refractivity contribution is 7.43. The van der Waals surface area contributed by atoms with Crippen LogP contribution in [0, 0.1) is 0 Å². The molecule has 0 aliphatic carbocycles. The molecule has 0 unspecified atom stereocenters. The van der Waals surface area contributed by atoms with E-state index >= 15 is 0 Å². The molecule has 0 atom stereocenters. The zero-order chi connectivity index (χ0) is 31.5. The number of hydrogen-bond acceptors (Lipinski definition) is 3. The van der Waals surface area contributed by atoms with E-state index in [9.17, 15) is 0 Å². The minimum absolute atomic E-state index is 0.941. The van der Waals surface area contributed by atoms with Crippen LogP contribution < -0.4 is 29.1 Å². The Labute approximate surface area is 267 Å². The Morgan fingerprint density at radius 2 is 0.581 bits per heavy atom. The van der Waals surface area contributed by atoms with E-state index in [-0.39, 0.29) is 0 Å². The molecule has 0 aromatic heterocycles. The molecular formula is C36H57O3PSi3. The second kappa shape index (κ2) is 16.5. The molecule has 0 saturated carbocycles. The molecule has 0 spiro atoms. The fraction of sp³-hybridized carbons (Fsp3) is 0.500. The van der Waals surface area contributed by atoms with Crippen LogP contribution in [0.15, 0.2) is 72.8 Å². The van der Waals surface area contributed by atoms with Crippen molar-refractivity contribution in [1.82, 2.24) is 0 Å². The maximum atomic E-state index is 6.99. The number of hydrogen-bond donors (Lipinski definition) is 0. The third-order valence-electron chi connectivity index (χ3n) is 11.0. The Balaban J connectivity index is 2.18. The standard InChI is InChI=1S/C36H57O3PSi3/c1-10-41(11-2,12-3)34-28-22-19-25-31(34)37-40(38-32-26-20-23-29-35(32)42(13-4,14-5)15-6)39-33-27-21-24-30-36(33)43(16-7,17-8)18-9/h19-30H,10-18H2,1-9H3. The molecule has 236 valence electrons. The van der Waals surface area contributed by atoms with Gasteiger partial charge in [0, 0.05) is 0 Å². The van der Waals surface area contributed by atoms with Gasteiger partial charge in [0.2, 0.25) is 0 Å². The summed E-state index contributed by atoms with van der Waals surface area (Å²) in [6.45, 7) is 21.2. The molecular weight excluding hydrogens is 596 g/mol. The molecule has 0 radical (unpaired) electrons. The van der Waals surface area contributed by atoms with Crippen molar-refractivity contribution < 1.29 is 13.6 Å². The summed E-state index contributed by atoms with van der Waals surface area (Å²) in [5.41, 5.74) is 0. The van der Waals surface area contributed by atoms with Crippen LogP contribution in [0.2, 0.25) is 54.4 Å². The minimum atomic E-state index is -1.76. The van der Waals surface area contributed by atoms with Gasteiger partial charge in [-0.1, -0.05) is 171 Å². The highest BCUT2D eigenvalue weighted by atomic mass is 31.2. The average molecular weight is 653 g/mol. The van der Waals surface area contributed by atoms with E-state index in [4.69, 9.17) is 13.6 Å². The first-order valence-corrected chi connectivity index (χ1v) is 25.9. The van der Waals surface area contributed by atoms with Crippen molar-refractivity contribution in [3.05, 3.63) is 72.8 Å². The maximum Gasteiger partial charge on any atom is 0.530 e. The van der Waals surface area contributed by atoms with Gasteiger partial charge in [-0.2, -0.15) is 0 Å². The van der Waals surface area contributed by atoms with Crippen molar-refractivity contribution in [1.29, 1.82) is 0 Å². The van der Waals surface area contributed by atoms with Gasteiger partial charge in [-0.25, -0.2) is 0 Å². The van der Waals surface area contributed by atoms with Crippen LogP contribution in [0.3, 0.4) is 0 Å². The van der Waals surface area contributed by atoms with Crippen molar-refractivity contribution in [3.63, 3.8) is 0 Å². The normalized spacial score (nSPS) is 12.4. The van der Waals surface area contributed by atoms with Gasteiger partial charge >= 0.3 is 8.60 Å². The average Bonchev–Trinajstić information content (AvgIpc) is 3.06. The Bertz CT molecular complexity index is 1090. The lowest BCUT2D eigenvalue weighted by Gasteiger charge is -2.33. The molecule has 3 rings (SSSR count). The van der Waals surface area contributed by atoms with Crippen LogP contribution in [0.5, 0.6) is 17.2 Å². The summed E-state index contributed by atoms with van der Waals surface area (Å²) in [4.78, 5) is 0. The summed E-state index contributed by atoms with van der Waals surface area (Å²) < 4.78 is 21.0. The third kappa shape index (κ3) is 7.52. The molecule has 0 bridgehead atoms. The third-order valence-corrected chi connectivity index (χ3v) is 28.9. The summed E-state index contributed by atoms with van der Waals surface area (Å²) in [7, 11) is -6.91. The summed E-state index contributed by atoms with van der Waals surface area (Å²) in [5, 5.41) is 4.17. The quantitative estimate of drug-likeness (QED) is 0.101. The Hall–Kier alpha value is -1.86. The molecule has 0 amide bonds. The largest absolute Gasteiger partial charge is 0.530 e. The molecule has 0 fully saturated rings. The van der Waals surface area contributed by atoms with Crippen LogP contribution in [-0.2, 0) is 0 Å². The first-order valence-electron chi connectivity index (χ1n) is 16.9. The molecule has 3 aromatic carbocycles. The fourth-order valence-corrected chi connectivity index (χ4v) is 19.8. The van der Waals surface area contributed by atoms with Crippen LogP contribution in [0.1, 0.15) is 62.3 Å². The van der Waals surface area contributed by atoms with Crippen LogP contribution >= 0.6 is 8.60 Å². The van der Waals surface area contributed by atoms with Crippen LogP contribution in [-0.4, -0.2) is 24.2 Å². The summed E-state index contributed by atoms with van der Waals surface area (Å²) in [6.07, 6.45) is 0. The van der Waals surface area contributed by atoms with Crippen molar-refractivity contribution in [2.75, 3.05) is 0 Å². The lowest BCUT2D eigenvalue weighted by atomic mass is 10.3. The summed E-state index contributed by atoms with van der Waals surface area (Å²) in [6, 6.07) is 36.9. The minimum Gasteiger partial charge on any atom is -0.409 e. The topological polar surface area (TPSA) is 27.7 Å². The number of para-hydroxylation sites is 3. The number of rotatable bonds is 18. The SMILES string of the molecule is CC[Si](CC)(CC)c1ccccc1OP(Oc1ccccc1[Si](CC)(CC)CC)Oc1ccccc1[Si](CC)(CC)CC. The van der Waals surface area contributed by atoms with Crippen molar-refractivity contribution in [2.24, 2.45) is 0 Å². The van der Waals surface area contributed by atoms with Crippen molar-refractivity contribution in [3.8, 4) is 17.2 Å². The molecule has 43 heavy (non-hydrogen) atoms. The van der Waals surface area contributed by atoms with Gasteiger partial charge in [0.15, 0.2) is 0 Å². The molecule has 0 heterocycles. The van der Waals surface area contributed by atoms with E-state index in [2.05, 4.69) is 135 Å². The molecule has 3 nitrogen and oxygen atoms in total. The summed E-state index contributed by atoms with van der Waals surface area (Å²) >= 11 is 0. The second-order valence-corrected chi connectivity index (χ2v) is 28.7. The first kappa shape index (κ1) is 35.6. The van der Waals surface area contributed by atoms with Crippen LogP contribution in [0.4, 0.5) is 0 Å². The van der Waals surface area contributed by atoms with Gasteiger partial charge < -0.3 is 13.6 Å². The van der Waals surface area contributed by atoms with E-state index in [1.165, 1.54) is 70.0 Å². The predicted octanol–water partition coefficient (Wildman–Crippen LogP) is 10.6. The van der Waals surface area contributed by atoms with Crippen molar-refractivity contribution in [2.45, 2.75) is 117 Å². The van der Waals surface area contributed by atoms with Crippen molar-refractivity contribution >= 4 is 48.4 Å². The predicted molar refractivity (Wildman–Crippen MR) is 199 cm³/mol. The lowest BCUT2D eigenvalue weighted by Crippen LogP contribution is -2.47. The van der Waals surface area contributed by atoms with Gasteiger partial charge in [-0.05, 0) is 33.8 Å². The fourth-order valence-electron chi connectivity index (χ4n) is 7.21. The second-order valence-electron chi connectivity index (χ2n) is 12.0. The van der Waals surface area contributed by atoms with Gasteiger partial charge in [0.05, 0.1) is 24.2 Å². The lowest BCUT2D eigenvalue weighted by molar-refractivity contribution is 0.391. The van der Waals surface area contributed by atoms with Gasteiger partial charge in [-0.3, -0.25) is 0 Å². The first-order chi connectivity index (χ1) is 20.8. The van der Waals surface area contributed by atoms with Crippen LogP contribution in [0.25, 0.3) is 0 Å².